The van der Waals surface area contributed by atoms with Gasteiger partial charge in [-0.05, 0) is 17.5 Å². The molecule has 21 heavy (non-hydrogen) atoms. The van der Waals surface area contributed by atoms with E-state index in [1.807, 2.05) is 0 Å². The maximum absolute atomic E-state index is 13.8. The number of halogens is 2. The summed E-state index contributed by atoms with van der Waals surface area (Å²) in [4.78, 5) is 14.4. The summed E-state index contributed by atoms with van der Waals surface area (Å²) in [5.41, 5.74) is 0.516. The van der Waals surface area contributed by atoms with Crippen molar-refractivity contribution < 1.29 is 13.9 Å². The fourth-order valence-electron chi connectivity index (χ4n) is 2.62. The maximum Gasteiger partial charge on any atom is 0.254 e. The van der Waals surface area contributed by atoms with Crippen molar-refractivity contribution in [2.45, 2.75) is 6.10 Å². The van der Waals surface area contributed by atoms with Crippen molar-refractivity contribution in [1.82, 2.24) is 4.90 Å². The van der Waals surface area contributed by atoms with Gasteiger partial charge in [0.15, 0.2) is 0 Å². The van der Waals surface area contributed by atoms with Crippen LogP contribution in [-0.2, 0) is 4.74 Å². The number of alkyl halides is 1. The van der Waals surface area contributed by atoms with E-state index in [1.165, 1.54) is 6.07 Å². The van der Waals surface area contributed by atoms with Crippen LogP contribution in [0.3, 0.4) is 0 Å². The Morgan fingerprint density at radius 3 is 2.81 bits per heavy atom. The molecule has 3 nitrogen and oxygen atoms in total. The van der Waals surface area contributed by atoms with E-state index in [2.05, 4.69) is 0 Å². The second-order valence-corrected chi connectivity index (χ2v) is 5.35. The van der Waals surface area contributed by atoms with Crippen molar-refractivity contribution in [2.75, 3.05) is 25.6 Å². The molecule has 1 aliphatic heterocycles. The Morgan fingerprint density at radius 2 is 2.05 bits per heavy atom. The van der Waals surface area contributed by atoms with Crippen molar-refractivity contribution >= 4 is 28.3 Å². The number of carbonyl (C=O) groups excluding carboxylic acids is 1. The summed E-state index contributed by atoms with van der Waals surface area (Å²) < 4.78 is 19.3. The largest absolute Gasteiger partial charge is 0.373 e. The number of nitrogens with zero attached hydrogens (tertiary/aromatic N) is 1. The molecule has 1 fully saturated rings. The van der Waals surface area contributed by atoms with E-state index in [-0.39, 0.29) is 17.8 Å². The van der Waals surface area contributed by atoms with Gasteiger partial charge in [0, 0.05) is 24.0 Å². The molecule has 5 heteroatoms. The Balaban J connectivity index is 1.96. The quantitative estimate of drug-likeness (QED) is 0.798. The molecule has 0 aliphatic carbocycles. The Morgan fingerprint density at radius 1 is 1.29 bits per heavy atom. The number of hydrogen-bond acceptors (Lipinski definition) is 2. The van der Waals surface area contributed by atoms with Gasteiger partial charge in [0.2, 0.25) is 0 Å². The standard InChI is InChI=1S/C16H15ClFNO2/c17-9-11-10-19(7-8-21-11)16(20)14-5-6-15(18)13-4-2-1-3-12(13)14/h1-6,11H,7-10H2. The summed E-state index contributed by atoms with van der Waals surface area (Å²) in [6.07, 6.45) is -0.143. The molecular formula is C16H15ClFNO2. The second kappa shape index (κ2) is 6.00. The molecule has 110 valence electrons. The SMILES string of the molecule is O=C(c1ccc(F)c2ccccc12)N1CCOC(CCl)C1. The second-order valence-electron chi connectivity index (χ2n) is 5.04. The Kier molecular flexibility index (Phi) is 4.08. The predicted octanol–water partition coefficient (Wildman–Crippen LogP) is 3.06. The highest BCUT2D eigenvalue weighted by atomic mass is 35.5. The number of fused-ring (bicyclic) bond motifs is 1. The molecule has 1 atom stereocenters. The molecule has 1 aliphatic rings. The minimum atomic E-state index is -0.317. The third-order valence-electron chi connectivity index (χ3n) is 3.70. The van der Waals surface area contributed by atoms with Crippen LogP contribution in [0.4, 0.5) is 4.39 Å². The third-order valence-corrected chi connectivity index (χ3v) is 4.04. The first kappa shape index (κ1) is 14.3. The summed E-state index contributed by atoms with van der Waals surface area (Å²) in [5, 5.41) is 1.10. The van der Waals surface area contributed by atoms with E-state index >= 15 is 0 Å². The van der Waals surface area contributed by atoms with Crippen LogP contribution in [0.25, 0.3) is 10.8 Å². The monoisotopic (exact) mass is 307 g/mol. The van der Waals surface area contributed by atoms with Gasteiger partial charge in [-0.15, -0.1) is 11.6 Å². The van der Waals surface area contributed by atoms with E-state index in [1.54, 1.807) is 35.2 Å². The average Bonchev–Trinajstić information content (AvgIpc) is 2.55. The molecule has 0 radical (unpaired) electrons. The number of benzene rings is 2. The summed E-state index contributed by atoms with van der Waals surface area (Å²) in [5.74, 6) is -0.0686. The van der Waals surface area contributed by atoms with E-state index in [0.717, 1.165) is 0 Å². The highest BCUT2D eigenvalue weighted by Crippen LogP contribution is 2.23. The zero-order valence-electron chi connectivity index (χ0n) is 11.4. The van der Waals surface area contributed by atoms with E-state index in [0.29, 0.717) is 41.9 Å². The molecule has 1 unspecified atom stereocenters. The first-order valence-corrected chi connectivity index (χ1v) is 7.38. The Hall–Kier alpha value is -1.65. The number of hydrogen-bond donors (Lipinski definition) is 0. The number of ether oxygens (including phenoxy) is 1. The lowest BCUT2D eigenvalue weighted by Crippen LogP contribution is -2.46. The molecule has 2 aromatic rings. The highest BCUT2D eigenvalue weighted by Gasteiger charge is 2.25. The normalized spacial score (nSPS) is 19.0. The zero-order chi connectivity index (χ0) is 14.8. The molecule has 1 heterocycles. The molecule has 0 spiro atoms. The van der Waals surface area contributed by atoms with Gasteiger partial charge in [-0.1, -0.05) is 24.3 Å². The molecule has 1 saturated heterocycles. The predicted molar refractivity (Wildman–Crippen MR) is 80.3 cm³/mol. The van der Waals surface area contributed by atoms with Crippen LogP contribution < -0.4 is 0 Å². The molecule has 3 rings (SSSR count). The minimum Gasteiger partial charge on any atom is -0.373 e. The lowest BCUT2D eigenvalue weighted by molar-refractivity contribution is -0.0107. The van der Waals surface area contributed by atoms with Crippen LogP contribution in [0.1, 0.15) is 10.4 Å². The van der Waals surface area contributed by atoms with Crippen molar-refractivity contribution in [3.63, 3.8) is 0 Å². The van der Waals surface area contributed by atoms with Gasteiger partial charge in [0.05, 0.1) is 18.6 Å². The van der Waals surface area contributed by atoms with Gasteiger partial charge in [0.1, 0.15) is 5.82 Å². The topological polar surface area (TPSA) is 29.5 Å². The fraction of sp³-hybridized carbons (Fsp3) is 0.312. The first-order valence-electron chi connectivity index (χ1n) is 6.85. The lowest BCUT2D eigenvalue weighted by Gasteiger charge is -2.32. The van der Waals surface area contributed by atoms with Crippen molar-refractivity contribution in [3.8, 4) is 0 Å². The van der Waals surface area contributed by atoms with Crippen LogP contribution in [0.2, 0.25) is 0 Å². The van der Waals surface area contributed by atoms with Crippen LogP contribution in [-0.4, -0.2) is 42.5 Å². The van der Waals surface area contributed by atoms with Crippen molar-refractivity contribution in [1.29, 1.82) is 0 Å². The molecule has 0 N–H and O–H groups in total. The van der Waals surface area contributed by atoms with E-state index < -0.39 is 0 Å². The minimum absolute atomic E-state index is 0.107. The molecular weight excluding hydrogens is 293 g/mol. The van der Waals surface area contributed by atoms with Gasteiger partial charge in [-0.3, -0.25) is 4.79 Å². The molecule has 0 saturated carbocycles. The van der Waals surface area contributed by atoms with Crippen molar-refractivity contribution in [3.05, 3.63) is 47.8 Å². The van der Waals surface area contributed by atoms with Crippen LogP contribution in [0, 0.1) is 5.82 Å². The summed E-state index contributed by atoms with van der Waals surface area (Å²) in [6, 6.07) is 9.91. The summed E-state index contributed by atoms with van der Waals surface area (Å²) in [7, 11) is 0. The Bertz CT molecular complexity index is 676. The smallest absolute Gasteiger partial charge is 0.254 e. The van der Waals surface area contributed by atoms with Crippen LogP contribution in [0.15, 0.2) is 36.4 Å². The third kappa shape index (κ3) is 2.74. The van der Waals surface area contributed by atoms with Crippen molar-refractivity contribution in [2.24, 2.45) is 0 Å². The van der Waals surface area contributed by atoms with Gasteiger partial charge in [0.25, 0.3) is 5.91 Å². The number of amides is 1. The van der Waals surface area contributed by atoms with Crippen LogP contribution in [0.5, 0.6) is 0 Å². The van der Waals surface area contributed by atoms with Crippen LogP contribution >= 0.6 is 11.6 Å². The summed E-state index contributed by atoms with van der Waals surface area (Å²) in [6.45, 7) is 1.47. The van der Waals surface area contributed by atoms with Gasteiger partial charge in [-0.2, -0.15) is 0 Å². The fourth-order valence-corrected chi connectivity index (χ4v) is 2.80. The van der Waals surface area contributed by atoms with Gasteiger partial charge >= 0.3 is 0 Å². The first-order chi connectivity index (χ1) is 10.2. The Labute approximate surface area is 127 Å². The number of rotatable bonds is 2. The molecule has 2 aromatic carbocycles. The van der Waals surface area contributed by atoms with Gasteiger partial charge in [-0.25, -0.2) is 4.39 Å². The number of carbonyl (C=O) groups is 1. The average molecular weight is 308 g/mol. The lowest BCUT2D eigenvalue weighted by atomic mass is 10.0. The highest BCUT2D eigenvalue weighted by molar-refractivity contribution is 6.18. The van der Waals surface area contributed by atoms with E-state index in [9.17, 15) is 9.18 Å². The summed E-state index contributed by atoms with van der Waals surface area (Å²) >= 11 is 5.80. The van der Waals surface area contributed by atoms with Gasteiger partial charge < -0.3 is 9.64 Å². The molecule has 1 amide bonds. The molecule has 0 aromatic heterocycles. The number of morpholine rings is 1. The van der Waals surface area contributed by atoms with E-state index in [4.69, 9.17) is 16.3 Å². The molecule has 0 bridgehead atoms. The zero-order valence-corrected chi connectivity index (χ0v) is 12.1. The maximum atomic E-state index is 13.8.